The molecule has 0 bridgehead atoms. The maximum absolute atomic E-state index is 12.1. The quantitative estimate of drug-likeness (QED) is 0.787. The summed E-state index contributed by atoms with van der Waals surface area (Å²) in [6, 6.07) is 11.7. The van der Waals surface area contributed by atoms with Gasteiger partial charge in [0.2, 0.25) is 5.91 Å². The molecule has 0 aliphatic rings. The number of pyridine rings is 1. The molecule has 5 heteroatoms. The fourth-order valence-electron chi connectivity index (χ4n) is 2.42. The minimum Gasteiger partial charge on any atom is -0.355 e. The summed E-state index contributed by atoms with van der Waals surface area (Å²) >= 11 is 0. The summed E-state index contributed by atoms with van der Waals surface area (Å²) in [5, 5.41) is 2.91. The second kappa shape index (κ2) is 6.39. The molecule has 0 saturated carbocycles. The Kier molecular flexibility index (Phi) is 4.14. The lowest BCUT2D eigenvalue weighted by atomic mass is 10.2. The Morgan fingerprint density at radius 3 is 2.73 bits per heavy atom. The number of hydrogen-bond acceptors (Lipinski definition) is 3. The number of hydrogen-bond donors (Lipinski definition) is 1. The highest BCUT2D eigenvalue weighted by molar-refractivity contribution is 5.84. The van der Waals surface area contributed by atoms with Crippen LogP contribution in [0.2, 0.25) is 0 Å². The van der Waals surface area contributed by atoms with Crippen LogP contribution in [0.1, 0.15) is 13.3 Å². The van der Waals surface area contributed by atoms with Gasteiger partial charge in [0.1, 0.15) is 12.4 Å². The summed E-state index contributed by atoms with van der Waals surface area (Å²) in [5.74, 6) is 0.788. The van der Waals surface area contributed by atoms with Gasteiger partial charge in [-0.05, 0) is 30.7 Å². The molecule has 0 saturated heterocycles. The van der Waals surface area contributed by atoms with Crippen LogP contribution < -0.4 is 5.32 Å². The summed E-state index contributed by atoms with van der Waals surface area (Å²) in [6.07, 6.45) is 4.39. The zero-order valence-electron chi connectivity index (χ0n) is 12.5. The summed E-state index contributed by atoms with van der Waals surface area (Å²) in [7, 11) is 0. The second-order valence-corrected chi connectivity index (χ2v) is 5.10. The fourth-order valence-corrected chi connectivity index (χ4v) is 2.42. The van der Waals surface area contributed by atoms with Crippen molar-refractivity contribution in [3.05, 3.63) is 48.8 Å². The summed E-state index contributed by atoms with van der Waals surface area (Å²) in [6.45, 7) is 2.99. The van der Waals surface area contributed by atoms with Gasteiger partial charge in [0, 0.05) is 24.5 Å². The van der Waals surface area contributed by atoms with E-state index in [1.807, 2.05) is 47.9 Å². The van der Waals surface area contributed by atoms with Crippen LogP contribution in [0.5, 0.6) is 0 Å². The van der Waals surface area contributed by atoms with Crippen molar-refractivity contribution in [3.63, 3.8) is 0 Å². The van der Waals surface area contributed by atoms with Crippen molar-refractivity contribution in [2.45, 2.75) is 19.9 Å². The molecule has 3 rings (SSSR count). The van der Waals surface area contributed by atoms with Gasteiger partial charge in [0.15, 0.2) is 0 Å². The number of rotatable bonds is 5. The molecular weight excluding hydrogens is 276 g/mol. The molecule has 0 aliphatic heterocycles. The van der Waals surface area contributed by atoms with Crippen molar-refractivity contribution in [2.24, 2.45) is 0 Å². The van der Waals surface area contributed by atoms with E-state index in [1.54, 1.807) is 12.4 Å². The van der Waals surface area contributed by atoms with Crippen molar-refractivity contribution < 1.29 is 4.79 Å². The first kappa shape index (κ1) is 14.3. The van der Waals surface area contributed by atoms with Crippen molar-refractivity contribution >= 4 is 16.9 Å². The molecule has 1 aromatic carbocycles. The molecule has 22 heavy (non-hydrogen) atoms. The highest BCUT2D eigenvalue weighted by Crippen LogP contribution is 2.24. The Morgan fingerprint density at radius 2 is 1.95 bits per heavy atom. The Hall–Kier alpha value is -2.69. The molecule has 2 aromatic heterocycles. The molecule has 1 N–H and O–H groups in total. The molecular formula is C17H18N4O. The Balaban J connectivity index is 2.04. The molecule has 5 nitrogen and oxygen atoms in total. The van der Waals surface area contributed by atoms with Crippen LogP contribution in [0.15, 0.2) is 48.8 Å². The van der Waals surface area contributed by atoms with E-state index in [9.17, 15) is 4.79 Å². The first-order valence-corrected chi connectivity index (χ1v) is 7.42. The predicted molar refractivity (Wildman–Crippen MR) is 86.3 cm³/mol. The zero-order valence-corrected chi connectivity index (χ0v) is 12.5. The number of amides is 1. The number of fused-ring (bicyclic) bond motifs is 1. The number of imidazole rings is 1. The van der Waals surface area contributed by atoms with Gasteiger partial charge in [-0.1, -0.05) is 19.1 Å². The number of aromatic nitrogens is 3. The monoisotopic (exact) mass is 294 g/mol. The standard InChI is InChI=1S/C17H18N4O/c1-2-9-19-16(22)12-21-15-6-4-3-5-14(15)20-17(21)13-7-10-18-11-8-13/h3-8,10-11H,2,9,12H2,1H3,(H,19,22). The normalized spacial score (nSPS) is 10.8. The molecule has 3 aromatic rings. The summed E-state index contributed by atoms with van der Waals surface area (Å²) in [4.78, 5) is 20.8. The lowest BCUT2D eigenvalue weighted by Crippen LogP contribution is -2.28. The molecule has 0 atom stereocenters. The maximum Gasteiger partial charge on any atom is 0.240 e. The predicted octanol–water partition coefficient (Wildman–Crippen LogP) is 2.62. The largest absolute Gasteiger partial charge is 0.355 e. The van der Waals surface area contributed by atoms with Gasteiger partial charge in [0.25, 0.3) is 0 Å². The van der Waals surface area contributed by atoms with Gasteiger partial charge >= 0.3 is 0 Å². The zero-order chi connectivity index (χ0) is 15.4. The number of nitrogens with one attached hydrogen (secondary N) is 1. The molecule has 0 unspecified atom stereocenters. The highest BCUT2D eigenvalue weighted by Gasteiger charge is 2.14. The van der Waals surface area contributed by atoms with Crippen molar-refractivity contribution in [2.75, 3.05) is 6.54 Å². The fraction of sp³-hybridized carbons (Fsp3) is 0.235. The van der Waals surface area contributed by atoms with Crippen molar-refractivity contribution in [1.29, 1.82) is 0 Å². The third-order valence-electron chi connectivity index (χ3n) is 3.47. The van der Waals surface area contributed by atoms with Crippen LogP contribution in [-0.4, -0.2) is 27.0 Å². The lowest BCUT2D eigenvalue weighted by molar-refractivity contribution is -0.121. The first-order valence-electron chi connectivity index (χ1n) is 7.42. The van der Waals surface area contributed by atoms with Gasteiger partial charge in [-0.15, -0.1) is 0 Å². The SMILES string of the molecule is CCCNC(=O)Cn1c(-c2ccncc2)nc2ccccc21. The number of para-hydroxylation sites is 2. The second-order valence-electron chi connectivity index (χ2n) is 5.10. The molecule has 0 fully saturated rings. The number of carbonyl (C=O) groups is 1. The molecule has 0 radical (unpaired) electrons. The van der Waals surface area contributed by atoms with E-state index in [2.05, 4.69) is 15.3 Å². The Morgan fingerprint density at radius 1 is 1.18 bits per heavy atom. The van der Waals surface area contributed by atoms with Gasteiger partial charge in [-0.3, -0.25) is 9.78 Å². The van der Waals surface area contributed by atoms with Crippen molar-refractivity contribution in [3.8, 4) is 11.4 Å². The van der Waals surface area contributed by atoms with Crippen LogP contribution in [-0.2, 0) is 11.3 Å². The van der Waals surface area contributed by atoms with Crippen LogP contribution in [0.3, 0.4) is 0 Å². The number of nitrogens with zero attached hydrogens (tertiary/aromatic N) is 3. The van der Waals surface area contributed by atoms with Crippen LogP contribution in [0, 0.1) is 0 Å². The topological polar surface area (TPSA) is 59.8 Å². The van der Waals surface area contributed by atoms with E-state index < -0.39 is 0 Å². The van der Waals surface area contributed by atoms with E-state index in [4.69, 9.17) is 0 Å². The van der Waals surface area contributed by atoms with E-state index in [1.165, 1.54) is 0 Å². The summed E-state index contributed by atoms with van der Waals surface area (Å²) < 4.78 is 1.95. The Bertz CT molecular complexity index is 780. The third-order valence-corrected chi connectivity index (χ3v) is 3.47. The lowest BCUT2D eigenvalue weighted by Gasteiger charge is -2.09. The molecule has 1 amide bonds. The maximum atomic E-state index is 12.1. The van der Waals surface area contributed by atoms with Gasteiger partial charge < -0.3 is 9.88 Å². The van der Waals surface area contributed by atoms with Crippen LogP contribution >= 0.6 is 0 Å². The van der Waals surface area contributed by atoms with Gasteiger partial charge in [-0.25, -0.2) is 4.98 Å². The van der Waals surface area contributed by atoms with Crippen LogP contribution in [0.4, 0.5) is 0 Å². The van der Waals surface area contributed by atoms with E-state index in [-0.39, 0.29) is 12.5 Å². The Labute approximate surface area is 129 Å². The smallest absolute Gasteiger partial charge is 0.240 e. The molecule has 0 spiro atoms. The van der Waals surface area contributed by atoms with Gasteiger partial charge in [-0.2, -0.15) is 0 Å². The molecule has 2 heterocycles. The first-order chi connectivity index (χ1) is 10.8. The molecule has 0 aliphatic carbocycles. The van der Waals surface area contributed by atoms with Gasteiger partial charge in [0.05, 0.1) is 11.0 Å². The summed E-state index contributed by atoms with van der Waals surface area (Å²) in [5.41, 5.74) is 2.80. The average Bonchev–Trinajstić information content (AvgIpc) is 2.92. The minimum atomic E-state index is 0.000286. The highest BCUT2D eigenvalue weighted by atomic mass is 16.1. The van der Waals surface area contributed by atoms with E-state index in [0.29, 0.717) is 6.54 Å². The third kappa shape index (κ3) is 2.83. The average molecular weight is 294 g/mol. The molecule has 112 valence electrons. The minimum absolute atomic E-state index is 0.000286. The number of carbonyl (C=O) groups excluding carboxylic acids is 1. The number of benzene rings is 1. The van der Waals surface area contributed by atoms with Crippen molar-refractivity contribution in [1.82, 2.24) is 19.9 Å². The van der Waals surface area contributed by atoms with E-state index >= 15 is 0 Å². The van der Waals surface area contributed by atoms with Crippen LogP contribution in [0.25, 0.3) is 22.4 Å². The van der Waals surface area contributed by atoms with E-state index in [0.717, 1.165) is 28.8 Å².